The summed E-state index contributed by atoms with van der Waals surface area (Å²) in [7, 11) is 5.54. The molecule has 1 amide bonds. The number of halogens is 1. The van der Waals surface area contributed by atoms with Crippen LogP contribution in [0, 0.1) is 0 Å². The maximum Gasteiger partial charge on any atom is 0.251 e. The van der Waals surface area contributed by atoms with Crippen molar-refractivity contribution >= 4 is 17.5 Å². The van der Waals surface area contributed by atoms with E-state index in [-0.39, 0.29) is 22.7 Å². The molecule has 24 heavy (non-hydrogen) atoms. The topological polar surface area (TPSA) is 61.8 Å². The Kier molecular flexibility index (Phi) is 6.06. The molecule has 128 valence electrons. The zero-order valence-corrected chi connectivity index (χ0v) is 14.7. The molecule has 2 rings (SSSR count). The molecule has 2 aromatic carbocycles. The van der Waals surface area contributed by atoms with Gasteiger partial charge >= 0.3 is 0 Å². The highest BCUT2D eigenvalue weighted by Gasteiger charge is 2.16. The zero-order valence-electron chi connectivity index (χ0n) is 13.9. The second-order valence-corrected chi connectivity index (χ2v) is 6.04. The van der Waals surface area contributed by atoms with Crippen molar-refractivity contribution in [1.29, 1.82) is 0 Å². The van der Waals surface area contributed by atoms with Gasteiger partial charge in [-0.05, 0) is 50.0 Å². The number of aromatic hydroxyl groups is 1. The number of benzene rings is 2. The highest BCUT2D eigenvalue weighted by molar-refractivity contribution is 6.32. The lowest BCUT2D eigenvalue weighted by Gasteiger charge is -2.25. The first kappa shape index (κ1) is 18.1. The van der Waals surface area contributed by atoms with Crippen molar-refractivity contribution in [1.82, 2.24) is 10.2 Å². The monoisotopic (exact) mass is 348 g/mol. The molecule has 0 radical (unpaired) electrons. The molecule has 0 aliphatic carbocycles. The van der Waals surface area contributed by atoms with Gasteiger partial charge in [-0.2, -0.15) is 0 Å². The molecule has 0 bridgehead atoms. The maximum atomic E-state index is 12.3. The number of phenolic OH excluding ortho intramolecular Hbond substituents is 1. The summed E-state index contributed by atoms with van der Waals surface area (Å²) in [5.41, 5.74) is 1.48. The molecule has 0 spiro atoms. The second-order valence-electron chi connectivity index (χ2n) is 5.63. The third-order valence-electron chi connectivity index (χ3n) is 3.79. The van der Waals surface area contributed by atoms with Crippen LogP contribution in [0.15, 0.2) is 42.5 Å². The SMILES string of the molecule is COc1ccc([C@H](CNC(=O)c2ccc(O)c(Cl)c2)N(C)C)cc1. The van der Waals surface area contributed by atoms with Crippen LogP contribution in [0.25, 0.3) is 0 Å². The lowest BCUT2D eigenvalue weighted by Crippen LogP contribution is -2.34. The number of nitrogens with one attached hydrogen (secondary N) is 1. The number of likely N-dealkylation sites (N-methyl/N-ethyl adjacent to an activating group) is 1. The lowest BCUT2D eigenvalue weighted by molar-refractivity contribution is 0.0942. The average Bonchev–Trinajstić information content (AvgIpc) is 2.57. The third kappa shape index (κ3) is 4.40. The van der Waals surface area contributed by atoms with E-state index in [9.17, 15) is 9.90 Å². The van der Waals surface area contributed by atoms with Gasteiger partial charge in [0.2, 0.25) is 0 Å². The minimum atomic E-state index is -0.239. The number of carbonyl (C=O) groups is 1. The molecule has 0 heterocycles. The van der Waals surface area contributed by atoms with Gasteiger partial charge < -0.3 is 20.1 Å². The van der Waals surface area contributed by atoms with Gasteiger partial charge in [-0.3, -0.25) is 4.79 Å². The Morgan fingerprint density at radius 2 is 1.92 bits per heavy atom. The zero-order chi connectivity index (χ0) is 17.7. The minimum absolute atomic E-state index is 0.0208. The number of carbonyl (C=O) groups excluding carboxylic acids is 1. The molecule has 0 saturated carbocycles. The van der Waals surface area contributed by atoms with Crippen LogP contribution in [0.5, 0.6) is 11.5 Å². The fourth-order valence-electron chi connectivity index (χ4n) is 2.36. The molecule has 0 aliphatic heterocycles. The lowest BCUT2D eigenvalue weighted by atomic mass is 10.1. The van der Waals surface area contributed by atoms with E-state index in [4.69, 9.17) is 16.3 Å². The van der Waals surface area contributed by atoms with Crippen LogP contribution in [-0.4, -0.2) is 43.7 Å². The summed E-state index contributed by atoms with van der Waals surface area (Å²) in [6.07, 6.45) is 0. The van der Waals surface area contributed by atoms with Crippen molar-refractivity contribution in [2.24, 2.45) is 0 Å². The quantitative estimate of drug-likeness (QED) is 0.842. The van der Waals surface area contributed by atoms with Crippen LogP contribution in [-0.2, 0) is 0 Å². The van der Waals surface area contributed by atoms with Gasteiger partial charge in [0.15, 0.2) is 0 Å². The van der Waals surface area contributed by atoms with Crippen LogP contribution < -0.4 is 10.1 Å². The first-order chi connectivity index (χ1) is 11.4. The predicted octanol–water partition coefficient (Wildman–Crippen LogP) is 3.09. The Labute approximate surface area is 146 Å². The molecule has 0 aromatic heterocycles. The van der Waals surface area contributed by atoms with E-state index in [0.29, 0.717) is 12.1 Å². The van der Waals surface area contributed by atoms with E-state index in [1.54, 1.807) is 7.11 Å². The number of nitrogens with zero attached hydrogens (tertiary/aromatic N) is 1. The van der Waals surface area contributed by atoms with Crippen molar-refractivity contribution in [3.63, 3.8) is 0 Å². The van der Waals surface area contributed by atoms with E-state index >= 15 is 0 Å². The van der Waals surface area contributed by atoms with Crippen LogP contribution in [0.2, 0.25) is 5.02 Å². The van der Waals surface area contributed by atoms with Gasteiger partial charge in [0, 0.05) is 12.1 Å². The van der Waals surface area contributed by atoms with Crippen molar-refractivity contribution in [3.8, 4) is 11.5 Å². The molecule has 1 atom stereocenters. The van der Waals surface area contributed by atoms with Gasteiger partial charge in [-0.25, -0.2) is 0 Å². The first-order valence-corrected chi connectivity index (χ1v) is 7.87. The Hall–Kier alpha value is -2.24. The third-order valence-corrected chi connectivity index (χ3v) is 4.09. The Morgan fingerprint density at radius 1 is 1.25 bits per heavy atom. The van der Waals surface area contributed by atoms with E-state index in [1.807, 2.05) is 43.3 Å². The van der Waals surface area contributed by atoms with Gasteiger partial charge in [-0.1, -0.05) is 23.7 Å². The fourth-order valence-corrected chi connectivity index (χ4v) is 2.54. The van der Waals surface area contributed by atoms with Crippen LogP contribution in [0.3, 0.4) is 0 Å². The summed E-state index contributed by atoms with van der Waals surface area (Å²) in [5, 5.41) is 12.5. The summed E-state index contributed by atoms with van der Waals surface area (Å²) in [6, 6.07) is 12.2. The van der Waals surface area contributed by atoms with Gasteiger partial charge in [0.25, 0.3) is 5.91 Å². The molecule has 5 nitrogen and oxygen atoms in total. The van der Waals surface area contributed by atoms with E-state index < -0.39 is 0 Å². The van der Waals surface area contributed by atoms with Crippen molar-refractivity contribution in [2.75, 3.05) is 27.7 Å². The Balaban J connectivity index is 2.07. The van der Waals surface area contributed by atoms with Crippen LogP contribution in [0.4, 0.5) is 0 Å². The second kappa shape index (κ2) is 8.04. The molecule has 2 N–H and O–H groups in total. The highest BCUT2D eigenvalue weighted by Crippen LogP contribution is 2.24. The number of amides is 1. The largest absolute Gasteiger partial charge is 0.506 e. The molecular formula is C18H21ClN2O3. The smallest absolute Gasteiger partial charge is 0.251 e. The van der Waals surface area contributed by atoms with Gasteiger partial charge in [0.1, 0.15) is 11.5 Å². The van der Waals surface area contributed by atoms with E-state index in [1.165, 1.54) is 18.2 Å². The normalized spacial score (nSPS) is 12.0. The number of phenols is 1. The summed E-state index contributed by atoms with van der Waals surface area (Å²) in [4.78, 5) is 14.3. The molecule has 0 fully saturated rings. The molecular weight excluding hydrogens is 328 g/mol. The van der Waals surface area contributed by atoms with Gasteiger partial charge in [0.05, 0.1) is 18.2 Å². The Morgan fingerprint density at radius 3 is 2.46 bits per heavy atom. The van der Waals surface area contributed by atoms with Crippen molar-refractivity contribution in [3.05, 3.63) is 58.6 Å². The summed E-state index contributed by atoms with van der Waals surface area (Å²) in [6.45, 7) is 0.441. The summed E-state index contributed by atoms with van der Waals surface area (Å²) >= 11 is 5.85. The number of methoxy groups -OCH3 is 1. The van der Waals surface area contributed by atoms with Crippen LogP contribution in [0.1, 0.15) is 22.0 Å². The van der Waals surface area contributed by atoms with E-state index in [0.717, 1.165) is 11.3 Å². The molecule has 6 heteroatoms. The Bertz CT molecular complexity index is 702. The van der Waals surface area contributed by atoms with Crippen molar-refractivity contribution < 1.29 is 14.6 Å². The van der Waals surface area contributed by atoms with Crippen LogP contribution >= 0.6 is 11.6 Å². The number of hydrogen-bond acceptors (Lipinski definition) is 4. The number of hydrogen-bond donors (Lipinski definition) is 2. The molecule has 2 aromatic rings. The number of ether oxygens (including phenoxy) is 1. The van der Waals surface area contributed by atoms with E-state index in [2.05, 4.69) is 5.32 Å². The fraction of sp³-hybridized carbons (Fsp3) is 0.278. The molecule has 0 unspecified atom stereocenters. The standard InChI is InChI=1S/C18H21ClN2O3/c1-21(2)16(12-4-7-14(24-3)8-5-12)11-20-18(23)13-6-9-17(22)15(19)10-13/h4-10,16,22H,11H2,1-3H3,(H,20,23)/t16-/m0/s1. The molecule has 0 aliphatic rings. The first-order valence-electron chi connectivity index (χ1n) is 7.49. The molecule has 0 saturated heterocycles. The van der Waals surface area contributed by atoms with Crippen molar-refractivity contribution in [2.45, 2.75) is 6.04 Å². The highest BCUT2D eigenvalue weighted by atomic mass is 35.5. The summed E-state index contributed by atoms with van der Waals surface area (Å²) < 4.78 is 5.17. The van der Waals surface area contributed by atoms with Gasteiger partial charge in [-0.15, -0.1) is 0 Å². The maximum absolute atomic E-state index is 12.3. The average molecular weight is 349 g/mol. The number of rotatable bonds is 6. The minimum Gasteiger partial charge on any atom is -0.506 e. The predicted molar refractivity (Wildman–Crippen MR) is 94.9 cm³/mol. The summed E-state index contributed by atoms with van der Waals surface area (Å²) in [5.74, 6) is 0.508.